The summed E-state index contributed by atoms with van der Waals surface area (Å²) in [6.07, 6.45) is 0. The van der Waals surface area contributed by atoms with Gasteiger partial charge in [-0.25, -0.2) is 4.39 Å². The van der Waals surface area contributed by atoms with Crippen LogP contribution >= 0.6 is 11.8 Å². The molecule has 7 heteroatoms. The zero-order chi connectivity index (χ0) is 25.2. The summed E-state index contributed by atoms with van der Waals surface area (Å²) in [5.41, 5.74) is 6.47. The minimum Gasteiger partial charge on any atom is -0.318 e. The van der Waals surface area contributed by atoms with Gasteiger partial charge >= 0.3 is 0 Å². The zero-order valence-electron chi connectivity index (χ0n) is 20.3. The molecular weight excluding hydrogens is 471 g/mol. The van der Waals surface area contributed by atoms with E-state index in [4.69, 9.17) is 0 Å². The highest BCUT2D eigenvalue weighted by Gasteiger charge is 2.20. The van der Waals surface area contributed by atoms with Gasteiger partial charge in [-0.15, -0.1) is 10.2 Å². The highest BCUT2D eigenvalue weighted by Crippen LogP contribution is 2.29. The standard InChI is InChI=1S/C29H25FN4OS/c1-19-9-15-25(16-10-19)33-20(2)17-26(21(33)3)27(35)18-36-29-32-31-28(22-11-13-23(30)14-12-22)34(29)24-7-5-4-6-8-24/h4-17H,18H2,1-3H3. The number of ketones is 1. The predicted octanol–water partition coefficient (Wildman–Crippen LogP) is 6.76. The average Bonchev–Trinajstić information content (AvgIpc) is 3.44. The fourth-order valence-corrected chi connectivity index (χ4v) is 5.14. The first kappa shape index (κ1) is 23.8. The molecule has 0 spiro atoms. The van der Waals surface area contributed by atoms with E-state index < -0.39 is 0 Å². The Morgan fingerprint density at radius 2 is 1.50 bits per heavy atom. The van der Waals surface area contributed by atoms with Gasteiger partial charge in [-0.2, -0.15) is 0 Å². The van der Waals surface area contributed by atoms with Gasteiger partial charge in [0.25, 0.3) is 0 Å². The Bertz CT molecular complexity index is 1520. The first-order valence-corrected chi connectivity index (χ1v) is 12.6. The molecule has 5 aromatic rings. The molecule has 0 N–H and O–H groups in total. The Hall–Kier alpha value is -3.97. The maximum absolute atomic E-state index is 13.5. The number of hydrogen-bond acceptors (Lipinski definition) is 4. The summed E-state index contributed by atoms with van der Waals surface area (Å²) in [5.74, 6) is 0.520. The van der Waals surface area contributed by atoms with Gasteiger partial charge in [0.05, 0.1) is 5.75 Å². The number of carbonyl (C=O) groups excluding carboxylic acids is 1. The number of hydrogen-bond donors (Lipinski definition) is 0. The van der Waals surface area contributed by atoms with Crippen LogP contribution in [0.2, 0.25) is 0 Å². The molecule has 0 aliphatic heterocycles. The SMILES string of the molecule is Cc1ccc(-n2c(C)cc(C(=O)CSc3nnc(-c4ccc(F)cc4)n3-c3ccccc3)c2C)cc1. The maximum Gasteiger partial charge on any atom is 0.196 e. The quantitative estimate of drug-likeness (QED) is 0.184. The number of thioether (sulfide) groups is 1. The van der Waals surface area contributed by atoms with Gasteiger partial charge in [-0.05, 0) is 75.4 Å². The molecule has 0 amide bonds. The van der Waals surface area contributed by atoms with Crippen molar-refractivity contribution in [3.8, 4) is 22.8 Å². The van der Waals surface area contributed by atoms with E-state index in [-0.39, 0.29) is 17.4 Å². The molecule has 0 bridgehead atoms. The maximum atomic E-state index is 13.5. The largest absolute Gasteiger partial charge is 0.318 e. The fraction of sp³-hybridized carbons (Fsp3) is 0.138. The van der Waals surface area contributed by atoms with Crippen LogP contribution < -0.4 is 0 Å². The Kier molecular flexibility index (Phi) is 6.57. The number of halogens is 1. The topological polar surface area (TPSA) is 52.7 Å². The van der Waals surface area contributed by atoms with Crippen LogP contribution in [-0.4, -0.2) is 30.9 Å². The number of rotatable bonds is 7. The lowest BCUT2D eigenvalue weighted by atomic mass is 10.2. The second-order valence-electron chi connectivity index (χ2n) is 8.65. The molecule has 0 saturated carbocycles. The van der Waals surface area contributed by atoms with E-state index in [9.17, 15) is 9.18 Å². The second-order valence-corrected chi connectivity index (χ2v) is 9.59. The molecule has 0 aliphatic rings. The van der Waals surface area contributed by atoms with Crippen molar-refractivity contribution in [1.82, 2.24) is 19.3 Å². The Balaban J connectivity index is 1.44. The molecule has 0 aliphatic carbocycles. The number of aryl methyl sites for hydroxylation is 2. The molecular formula is C29H25FN4OS. The van der Waals surface area contributed by atoms with E-state index in [1.165, 1.54) is 29.5 Å². The van der Waals surface area contributed by atoms with E-state index in [0.717, 1.165) is 28.3 Å². The van der Waals surface area contributed by atoms with E-state index in [1.807, 2.05) is 54.8 Å². The molecule has 3 aromatic carbocycles. The van der Waals surface area contributed by atoms with Crippen LogP contribution in [0.1, 0.15) is 27.3 Å². The van der Waals surface area contributed by atoms with Crippen molar-refractivity contribution in [1.29, 1.82) is 0 Å². The summed E-state index contributed by atoms with van der Waals surface area (Å²) >= 11 is 1.34. The van der Waals surface area contributed by atoms with Gasteiger partial charge in [0.15, 0.2) is 16.8 Å². The number of para-hydroxylation sites is 1. The van der Waals surface area contributed by atoms with Gasteiger partial charge in [0.1, 0.15) is 5.82 Å². The molecule has 2 aromatic heterocycles. The lowest BCUT2D eigenvalue weighted by molar-refractivity contribution is 0.102. The summed E-state index contributed by atoms with van der Waals surface area (Å²) in [4.78, 5) is 13.3. The fourth-order valence-electron chi connectivity index (χ4n) is 4.30. The molecule has 0 unspecified atom stereocenters. The molecule has 0 atom stereocenters. The third-order valence-corrected chi connectivity index (χ3v) is 7.04. The Morgan fingerprint density at radius 3 is 2.19 bits per heavy atom. The van der Waals surface area contributed by atoms with Crippen molar-refractivity contribution in [2.75, 3.05) is 5.75 Å². The van der Waals surface area contributed by atoms with Crippen LogP contribution in [-0.2, 0) is 0 Å². The van der Waals surface area contributed by atoms with E-state index in [2.05, 4.69) is 46.0 Å². The molecule has 5 rings (SSSR count). The van der Waals surface area contributed by atoms with Gasteiger partial charge in [-0.1, -0.05) is 47.7 Å². The van der Waals surface area contributed by atoms with Crippen molar-refractivity contribution in [2.45, 2.75) is 25.9 Å². The average molecular weight is 497 g/mol. The van der Waals surface area contributed by atoms with Crippen LogP contribution in [0.25, 0.3) is 22.8 Å². The predicted molar refractivity (Wildman–Crippen MR) is 142 cm³/mol. The van der Waals surface area contributed by atoms with Crippen LogP contribution in [0.4, 0.5) is 4.39 Å². The Labute approximate surface area is 213 Å². The molecule has 36 heavy (non-hydrogen) atoms. The van der Waals surface area contributed by atoms with Gasteiger partial charge in [-0.3, -0.25) is 9.36 Å². The summed E-state index contributed by atoms with van der Waals surface area (Å²) in [5, 5.41) is 9.36. The number of carbonyl (C=O) groups is 1. The van der Waals surface area contributed by atoms with Crippen molar-refractivity contribution < 1.29 is 9.18 Å². The summed E-state index contributed by atoms with van der Waals surface area (Å²) in [7, 11) is 0. The highest BCUT2D eigenvalue weighted by molar-refractivity contribution is 7.99. The molecule has 0 radical (unpaired) electrons. The van der Waals surface area contributed by atoms with Crippen molar-refractivity contribution in [3.05, 3.63) is 113 Å². The zero-order valence-corrected chi connectivity index (χ0v) is 21.1. The third-order valence-electron chi connectivity index (χ3n) is 6.11. The van der Waals surface area contributed by atoms with Crippen LogP contribution in [0, 0.1) is 26.6 Å². The molecule has 5 nitrogen and oxygen atoms in total. The lowest BCUT2D eigenvalue weighted by Crippen LogP contribution is -2.07. The van der Waals surface area contributed by atoms with Crippen LogP contribution in [0.5, 0.6) is 0 Å². The number of aromatic nitrogens is 4. The summed E-state index contributed by atoms with van der Waals surface area (Å²) in [6, 6.07) is 26.1. The van der Waals surface area contributed by atoms with E-state index >= 15 is 0 Å². The normalized spacial score (nSPS) is 11.1. The molecule has 180 valence electrons. The van der Waals surface area contributed by atoms with Crippen LogP contribution in [0.15, 0.2) is 90.1 Å². The van der Waals surface area contributed by atoms with Crippen molar-refractivity contribution >= 4 is 17.5 Å². The van der Waals surface area contributed by atoms with Gasteiger partial charge in [0.2, 0.25) is 0 Å². The van der Waals surface area contributed by atoms with Crippen LogP contribution in [0.3, 0.4) is 0 Å². The monoisotopic (exact) mass is 496 g/mol. The first-order valence-electron chi connectivity index (χ1n) is 11.6. The molecule has 2 heterocycles. The molecule has 0 saturated heterocycles. The number of benzene rings is 3. The molecule has 0 fully saturated rings. The first-order chi connectivity index (χ1) is 17.4. The van der Waals surface area contributed by atoms with Crippen molar-refractivity contribution in [2.24, 2.45) is 0 Å². The minimum atomic E-state index is -0.312. The summed E-state index contributed by atoms with van der Waals surface area (Å²) < 4.78 is 17.5. The number of Topliss-reactive ketones (excluding diaryl/α,β-unsaturated/α-hetero) is 1. The Morgan fingerprint density at radius 1 is 0.833 bits per heavy atom. The van der Waals surface area contributed by atoms with Gasteiger partial charge in [0, 0.05) is 33.9 Å². The third kappa shape index (κ3) is 4.62. The van der Waals surface area contributed by atoms with Crippen molar-refractivity contribution in [3.63, 3.8) is 0 Å². The van der Waals surface area contributed by atoms with E-state index in [0.29, 0.717) is 16.5 Å². The highest BCUT2D eigenvalue weighted by atomic mass is 32.2. The lowest BCUT2D eigenvalue weighted by Gasteiger charge is -2.11. The minimum absolute atomic E-state index is 0.0254. The number of nitrogens with zero attached hydrogens (tertiary/aromatic N) is 4. The smallest absolute Gasteiger partial charge is 0.196 e. The second kappa shape index (κ2) is 9.95. The summed E-state index contributed by atoms with van der Waals surface area (Å²) in [6.45, 7) is 6.04. The van der Waals surface area contributed by atoms with Gasteiger partial charge < -0.3 is 4.57 Å². The van der Waals surface area contributed by atoms with E-state index in [1.54, 1.807) is 12.1 Å².